The molecule has 0 aliphatic rings. The van der Waals surface area contributed by atoms with Crippen LogP contribution in [0.25, 0.3) is 0 Å². The van der Waals surface area contributed by atoms with Gasteiger partial charge in [0, 0.05) is 6.04 Å². The molecule has 15 heavy (non-hydrogen) atoms. The van der Waals surface area contributed by atoms with E-state index in [4.69, 9.17) is 10.5 Å². The van der Waals surface area contributed by atoms with Gasteiger partial charge in [-0.2, -0.15) is 0 Å². The second kappa shape index (κ2) is 5.17. The summed E-state index contributed by atoms with van der Waals surface area (Å²) in [6.45, 7) is 6.33. The molecule has 0 aliphatic heterocycles. The Morgan fingerprint density at radius 3 is 2.47 bits per heavy atom. The third kappa shape index (κ3) is 3.24. The zero-order valence-electron chi connectivity index (χ0n) is 10.1. The molecule has 0 bridgehead atoms. The van der Waals surface area contributed by atoms with E-state index < -0.39 is 0 Å². The van der Waals surface area contributed by atoms with Crippen LogP contribution in [-0.4, -0.2) is 13.2 Å². The highest BCUT2D eigenvalue weighted by Crippen LogP contribution is 2.25. The standard InChI is InChI=1S/C13H21NO/c1-9(7-11(3)14)12-5-6-13(15-4)10(2)8-12/h5-6,8-9,11H,7,14H2,1-4H3. The van der Waals surface area contributed by atoms with Gasteiger partial charge in [0.25, 0.3) is 0 Å². The quantitative estimate of drug-likeness (QED) is 0.824. The Morgan fingerprint density at radius 2 is 2.00 bits per heavy atom. The Morgan fingerprint density at radius 1 is 1.33 bits per heavy atom. The van der Waals surface area contributed by atoms with Crippen LogP contribution in [0, 0.1) is 6.92 Å². The lowest BCUT2D eigenvalue weighted by molar-refractivity contribution is 0.411. The van der Waals surface area contributed by atoms with Gasteiger partial charge in [-0.05, 0) is 43.4 Å². The largest absolute Gasteiger partial charge is 0.496 e. The van der Waals surface area contributed by atoms with E-state index in [-0.39, 0.29) is 6.04 Å². The lowest BCUT2D eigenvalue weighted by Gasteiger charge is -2.16. The summed E-state index contributed by atoms with van der Waals surface area (Å²) >= 11 is 0. The zero-order valence-corrected chi connectivity index (χ0v) is 10.1. The molecule has 0 fully saturated rings. The fourth-order valence-corrected chi connectivity index (χ4v) is 1.90. The van der Waals surface area contributed by atoms with Gasteiger partial charge < -0.3 is 10.5 Å². The van der Waals surface area contributed by atoms with E-state index in [0.717, 1.165) is 12.2 Å². The molecule has 0 aromatic heterocycles. The molecule has 1 rings (SSSR count). The van der Waals surface area contributed by atoms with Crippen molar-refractivity contribution < 1.29 is 4.74 Å². The van der Waals surface area contributed by atoms with Crippen LogP contribution in [0.1, 0.15) is 37.3 Å². The number of benzene rings is 1. The highest BCUT2D eigenvalue weighted by atomic mass is 16.5. The smallest absolute Gasteiger partial charge is 0.121 e. The molecule has 1 aromatic carbocycles. The van der Waals surface area contributed by atoms with Crippen molar-refractivity contribution >= 4 is 0 Å². The molecule has 2 atom stereocenters. The summed E-state index contributed by atoms with van der Waals surface area (Å²) in [7, 11) is 1.70. The molecule has 0 aliphatic carbocycles. The molecule has 2 N–H and O–H groups in total. The molecule has 0 spiro atoms. The average molecular weight is 207 g/mol. The Labute approximate surface area is 92.4 Å². The lowest BCUT2D eigenvalue weighted by Crippen LogP contribution is -2.17. The maximum Gasteiger partial charge on any atom is 0.121 e. The minimum absolute atomic E-state index is 0.252. The predicted octanol–water partition coefficient (Wildman–Crippen LogP) is 2.84. The van der Waals surface area contributed by atoms with Gasteiger partial charge in [0.15, 0.2) is 0 Å². The summed E-state index contributed by atoms with van der Waals surface area (Å²) in [6.07, 6.45) is 1.02. The zero-order chi connectivity index (χ0) is 11.4. The molecule has 0 saturated heterocycles. The SMILES string of the molecule is COc1ccc(C(C)CC(C)N)cc1C. The van der Waals surface area contributed by atoms with Crippen molar-refractivity contribution in [3.05, 3.63) is 29.3 Å². The normalized spacial score (nSPS) is 14.7. The number of ether oxygens (including phenoxy) is 1. The van der Waals surface area contributed by atoms with Crippen LogP contribution >= 0.6 is 0 Å². The van der Waals surface area contributed by atoms with Crippen LogP contribution in [0.5, 0.6) is 5.75 Å². The molecule has 1 aromatic rings. The number of rotatable bonds is 4. The van der Waals surface area contributed by atoms with Crippen molar-refractivity contribution in [2.45, 2.75) is 39.2 Å². The minimum Gasteiger partial charge on any atom is -0.496 e. The second-order valence-corrected chi connectivity index (χ2v) is 4.34. The van der Waals surface area contributed by atoms with Gasteiger partial charge in [0.1, 0.15) is 5.75 Å². The van der Waals surface area contributed by atoms with E-state index in [9.17, 15) is 0 Å². The van der Waals surface area contributed by atoms with E-state index in [0.29, 0.717) is 5.92 Å². The molecule has 2 heteroatoms. The number of aryl methyl sites for hydroxylation is 1. The van der Waals surface area contributed by atoms with Crippen molar-refractivity contribution in [1.29, 1.82) is 0 Å². The second-order valence-electron chi connectivity index (χ2n) is 4.34. The maximum atomic E-state index is 5.80. The van der Waals surface area contributed by atoms with E-state index in [1.54, 1.807) is 7.11 Å². The fraction of sp³-hybridized carbons (Fsp3) is 0.538. The van der Waals surface area contributed by atoms with Gasteiger partial charge in [0.05, 0.1) is 7.11 Å². The van der Waals surface area contributed by atoms with Crippen LogP contribution in [0.4, 0.5) is 0 Å². The van der Waals surface area contributed by atoms with E-state index in [1.807, 2.05) is 13.0 Å². The van der Waals surface area contributed by atoms with Gasteiger partial charge >= 0.3 is 0 Å². The third-order valence-electron chi connectivity index (χ3n) is 2.71. The van der Waals surface area contributed by atoms with Crippen molar-refractivity contribution in [1.82, 2.24) is 0 Å². The fourth-order valence-electron chi connectivity index (χ4n) is 1.90. The Kier molecular flexibility index (Phi) is 4.15. The number of hydrogen-bond donors (Lipinski definition) is 1. The predicted molar refractivity (Wildman–Crippen MR) is 64.4 cm³/mol. The van der Waals surface area contributed by atoms with Crippen LogP contribution in [-0.2, 0) is 0 Å². The van der Waals surface area contributed by atoms with Gasteiger partial charge in [-0.1, -0.05) is 19.1 Å². The Bertz CT molecular complexity index is 320. The maximum absolute atomic E-state index is 5.80. The highest BCUT2D eigenvalue weighted by molar-refractivity contribution is 5.37. The van der Waals surface area contributed by atoms with Crippen LogP contribution in [0.3, 0.4) is 0 Å². The van der Waals surface area contributed by atoms with Gasteiger partial charge in [-0.25, -0.2) is 0 Å². The molecular weight excluding hydrogens is 186 g/mol. The Balaban J connectivity index is 2.82. The number of methoxy groups -OCH3 is 1. The molecule has 84 valence electrons. The molecule has 0 amide bonds. The van der Waals surface area contributed by atoms with Crippen molar-refractivity contribution in [3.8, 4) is 5.75 Å². The van der Waals surface area contributed by atoms with Crippen LogP contribution < -0.4 is 10.5 Å². The Hall–Kier alpha value is -1.02. The summed E-state index contributed by atoms with van der Waals surface area (Å²) in [5, 5.41) is 0. The first-order valence-electron chi connectivity index (χ1n) is 5.44. The lowest BCUT2D eigenvalue weighted by atomic mass is 9.93. The number of nitrogens with two attached hydrogens (primary N) is 1. The summed E-state index contributed by atoms with van der Waals surface area (Å²) in [4.78, 5) is 0. The summed E-state index contributed by atoms with van der Waals surface area (Å²) in [6, 6.07) is 6.59. The molecule has 2 nitrogen and oxygen atoms in total. The molecule has 0 saturated carbocycles. The van der Waals surface area contributed by atoms with Crippen LogP contribution in [0.2, 0.25) is 0 Å². The van der Waals surface area contributed by atoms with Gasteiger partial charge in [-0.3, -0.25) is 0 Å². The topological polar surface area (TPSA) is 35.2 Å². The van der Waals surface area contributed by atoms with E-state index >= 15 is 0 Å². The van der Waals surface area contributed by atoms with Gasteiger partial charge in [-0.15, -0.1) is 0 Å². The summed E-state index contributed by atoms with van der Waals surface area (Å²) < 4.78 is 5.24. The molecular formula is C13H21NO. The molecule has 2 unspecified atom stereocenters. The first-order chi connectivity index (χ1) is 7.04. The van der Waals surface area contributed by atoms with Crippen molar-refractivity contribution in [3.63, 3.8) is 0 Å². The molecule has 0 heterocycles. The first kappa shape index (κ1) is 12.1. The van der Waals surface area contributed by atoms with Gasteiger partial charge in [0.2, 0.25) is 0 Å². The monoisotopic (exact) mass is 207 g/mol. The average Bonchev–Trinajstić information content (AvgIpc) is 2.16. The van der Waals surface area contributed by atoms with E-state index in [1.165, 1.54) is 11.1 Å². The molecule has 0 radical (unpaired) electrons. The minimum atomic E-state index is 0.252. The summed E-state index contributed by atoms with van der Waals surface area (Å²) in [5.41, 5.74) is 8.33. The van der Waals surface area contributed by atoms with Crippen molar-refractivity contribution in [2.24, 2.45) is 5.73 Å². The first-order valence-corrected chi connectivity index (χ1v) is 5.44. The number of hydrogen-bond acceptors (Lipinski definition) is 2. The summed E-state index contributed by atoms with van der Waals surface area (Å²) in [5.74, 6) is 1.46. The third-order valence-corrected chi connectivity index (χ3v) is 2.71. The van der Waals surface area contributed by atoms with Crippen LogP contribution in [0.15, 0.2) is 18.2 Å². The highest BCUT2D eigenvalue weighted by Gasteiger charge is 2.09. The van der Waals surface area contributed by atoms with Crippen molar-refractivity contribution in [2.75, 3.05) is 7.11 Å². The van der Waals surface area contributed by atoms with E-state index in [2.05, 4.69) is 26.0 Å².